The summed E-state index contributed by atoms with van der Waals surface area (Å²) >= 11 is 0. The Morgan fingerprint density at radius 3 is 2.19 bits per heavy atom. The van der Waals surface area contributed by atoms with Gasteiger partial charge in [-0.25, -0.2) is 13.1 Å². The molecule has 16 heavy (non-hydrogen) atoms. The van der Waals surface area contributed by atoms with Crippen molar-refractivity contribution in [1.82, 2.24) is 4.72 Å². The van der Waals surface area contributed by atoms with Crippen LogP contribution in [0.2, 0.25) is 0 Å². The number of ether oxygens (including phenoxy) is 1. The molecule has 0 saturated heterocycles. The Bertz CT molecular complexity index is 309. The van der Waals surface area contributed by atoms with Gasteiger partial charge in [0.15, 0.2) is 5.25 Å². The zero-order valence-corrected chi connectivity index (χ0v) is 11.1. The van der Waals surface area contributed by atoms with Crippen LogP contribution < -0.4 is 4.72 Å². The van der Waals surface area contributed by atoms with E-state index in [4.69, 9.17) is 0 Å². The van der Waals surface area contributed by atoms with Crippen LogP contribution in [0.1, 0.15) is 33.6 Å². The molecule has 0 radical (unpaired) electrons. The van der Waals surface area contributed by atoms with E-state index < -0.39 is 21.2 Å². The van der Waals surface area contributed by atoms with Crippen molar-refractivity contribution in [2.24, 2.45) is 5.92 Å². The summed E-state index contributed by atoms with van der Waals surface area (Å²) in [6, 6.07) is 0. The number of esters is 1. The second-order valence-corrected chi connectivity index (χ2v) is 5.83. The van der Waals surface area contributed by atoms with E-state index in [1.807, 2.05) is 13.8 Å². The Balaban J connectivity index is 4.41. The predicted octanol–water partition coefficient (Wildman–Crippen LogP) is 0.903. The summed E-state index contributed by atoms with van der Waals surface area (Å²) in [4.78, 5) is 11.1. The molecule has 0 spiro atoms. The van der Waals surface area contributed by atoms with E-state index in [2.05, 4.69) is 9.46 Å². The van der Waals surface area contributed by atoms with Gasteiger partial charge in [0.1, 0.15) is 0 Å². The quantitative estimate of drug-likeness (QED) is 0.682. The highest BCUT2D eigenvalue weighted by Crippen LogP contribution is 2.07. The average molecular weight is 251 g/mol. The molecule has 0 aromatic carbocycles. The molecule has 0 aromatic heterocycles. The third kappa shape index (κ3) is 4.49. The monoisotopic (exact) mass is 251 g/mol. The van der Waals surface area contributed by atoms with E-state index in [0.29, 0.717) is 12.5 Å². The van der Waals surface area contributed by atoms with Crippen molar-refractivity contribution in [2.75, 3.05) is 13.7 Å². The Morgan fingerprint density at radius 2 is 1.81 bits per heavy atom. The van der Waals surface area contributed by atoms with Crippen LogP contribution in [-0.4, -0.2) is 33.3 Å². The molecular formula is C10H21NO4S. The van der Waals surface area contributed by atoms with Gasteiger partial charge in [0.2, 0.25) is 10.0 Å². The Hall–Kier alpha value is -0.620. The minimum atomic E-state index is -3.61. The van der Waals surface area contributed by atoms with Gasteiger partial charge in [0.05, 0.1) is 7.11 Å². The second-order valence-electron chi connectivity index (χ2n) is 3.74. The number of carbonyl (C=O) groups is 1. The van der Waals surface area contributed by atoms with E-state index in [1.165, 1.54) is 14.0 Å². The number of hydrogen-bond acceptors (Lipinski definition) is 4. The molecule has 5 nitrogen and oxygen atoms in total. The van der Waals surface area contributed by atoms with Crippen molar-refractivity contribution in [3.05, 3.63) is 0 Å². The van der Waals surface area contributed by atoms with Crippen LogP contribution in [0.4, 0.5) is 0 Å². The van der Waals surface area contributed by atoms with Crippen molar-refractivity contribution in [2.45, 2.75) is 38.9 Å². The van der Waals surface area contributed by atoms with Gasteiger partial charge >= 0.3 is 5.97 Å². The molecule has 96 valence electrons. The summed E-state index contributed by atoms with van der Waals surface area (Å²) < 4.78 is 30.2. The van der Waals surface area contributed by atoms with Crippen LogP contribution in [0.15, 0.2) is 0 Å². The lowest BCUT2D eigenvalue weighted by Gasteiger charge is -2.16. The lowest BCUT2D eigenvalue weighted by molar-refractivity contribution is -0.139. The zero-order valence-electron chi connectivity index (χ0n) is 10.3. The first kappa shape index (κ1) is 15.4. The maximum absolute atomic E-state index is 11.7. The summed E-state index contributed by atoms with van der Waals surface area (Å²) in [6.07, 6.45) is 1.82. The molecule has 0 heterocycles. The average Bonchev–Trinajstić information content (AvgIpc) is 2.28. The largest absolute Gasteiger partial charge is 0.468 e. The van der Waals surface area contributed by atoms with Gasteiger partial charge in [-0.15, -0.1) is 0 Å². The summed E-state index contributed by atoms with van der Waals surface area (Å²) in [5.74, 6) is -0.434. The molecule has 0 amide bonds. The van der Waals surface area contributed by atoms with Crippen LogP contribution in [0, 0.1) is 5.92 Å². The fourth-order valence-corrected chi connectivity index (χ4v) is 2.30. The molecule has 1 unspecified atom stereocenters. The molecule has 6 heteroatoms. The molecule has 0 rings (SSSR count). The molecular weight excluding hydrogens is 230 g/mol. The molecule has 0 aliphatic rings. The van der Waals surface area contributed by atoms with Gasteiger partial charge in [0, 0.05) is 6.54 Å². The lowest BCUT2D eigenvalue weighted by atomic mass is 10.0. The highest BCUT2D eigenvalue weighted by atomic mass is 32.2. The Morgan fingerprint density at radius 1 is 1.31 bits per heavy atom. The predicted molar refractivity (Wildman–Crippen MR) is 62.5 cm³/mol. The fourth-order valence-electron chi connectivity index (χ4n) is 1.23. The summed E-state index contributed by atoms with van der Waals surface area (Å²) in [5, 5.41) is -1.16. The smallest absolute Gasteiger partial charge is 0.325 e. The molecule has 0 bridgehead atoms. The normalized spacial score (nSPS) is 13.8. The molecule has 0 saturated carbocycles. The van der Waals surface area contributed by atoms with Gasteiger partial charge < -0.3 is 4.74 Å². The van der Waals surface area contributed by atoms with Crippen LogP contribution in [0.3, 0.4) is 0 Å². The first-order valence-corrected chi connectivity index (χ1v) is 6.99. The highest BCUT2D eigenvalue weighted by Gasteiger charge is 2.28. The van der Waals surface area contributed by atoms with E-state index in [-0.39, 0.29) is 0 Å². The first-order valence-electron chi connectivity index (χ1n) is 5.45. The SMILES string of the molecule is CCC(CC)CNS(=O)(=O)C(C)C(=O)OC. The van der Waals surface area contributed by atoms with E-state index >= 15 is 0 Å². The first-order chi connectivity index (χ1) is 7.38. The number of sulfonamides is 1. The van der Waals surface area contributed by atoms with E-state index in [0.717, 1.165) is 12.8 Å². The van der Waals surface area contributed by atoms with Gasteiger partial charge in [-0.3, -0.25) is 4.79 Å². The van der Waals surface area contributed by atoms with Crippen LogP contribution >= 0.6 is 0 Å². The van der Waals surface area contributed by atoms with Crippen molar-refractivity contribution in [1.29, 1.82) is 0 Å². The number of nitrogens with one attached hydrogen (secondary N) is 1. The van der Waals surface area contributed by atoms with Crippen LogP contribution in [0.5, 0.6) is 0 Å². The summed E-state index contributed by atoms with van der Waals surface area (Å²) in [7, 11) is -2.44. The van der Waals surface area contributed by atoms with Gasteiger partial charge in [-0.05, 0) is 12.8 Å². The van der Waals surface area contributed by atoms with E-state index in [1.54, 1.807) is 0 Å². The maximum Gasteiger partial charge on any atom is 0.325 e. The Kier molecular flexibility index (Phi) is 6.59. The van der Waals surface area contributed by atoms with Crippen molar-refractivity contribution >= 4 is 16.0 Å². The van der Waals surface area contributed by atoms with Crippen molar-refractivity contribution in [3.8, 4) is 0 Å². The maximum atomic E-state index is 11.7. The zero-order chi connectivity index (χ0) is 12.8. The summed E-state index contributed by atoms with van der Waals surface area (Å²) in [5.41, 5.74) is 0. The molecule has 0 aliphatic carbocycles. The fraction of sp³-hybridized carbons (Fsp3) is 0.900. The molecule has 1 N–H and O–H groups in total. The van der Waals surface area contributed by atoms with Crippen LogP contribution in [-0.2, 0) is 19.6 Å². The molecule has 0 fully saturated rings. The Labute approximate surface area is 97.6 Å². The lowest BCUT2D eigenvalue weighted by Crippen LogP contribution is -2.40. The van der Waals surface area contributed by atoms with Gasteiger partial charge in [-0.2, -0.15) is 0 Å². The standard InChI is InChI=1S/C10H21NO4S/c1-5-9(6-2)7-11-16(13,14)8(3)10(12)15-4/h8-9,11H,5-7H2,1-4H3. The van der Waals surface area contributed by atoms with Crippen molar-refractivity contribution in [3.63, 3.8) is 0 Å². The minimum Gasteiger partial charge on any atom is -0.468 e. The third-order valence-corrected chi connectivity index (χ3v) is 4.42. The van der Waals surface area contributed by atoms with E-state index in [9.17, 15) is 13.2 Å². The number of hydrogen-bond donors (Lipinski definition) is 1. The number of methoxy groups -OCH3 is 1. The van der Waals surface area contributed by atoms with Gasteiger partial charge in [0.25, 0.3) is 0 Å². The number of rotatable bonds is 7. The summed E-state index contributed by atoms with van der Waals surface area (Å²) in [6.45, 7) is 5.70. The van der Waals surface area contributed by atoms with Crippen molar-refractivity contribution < 1.29 is 17.9 Å². The van der Waals surface area contributed by atoms with Crippen LogP contribution in [0.25, 0.3) is 0 Å². The molecule has 0 aromatic rings. The molecule has 0 aliphatic heterocycles. The second kappa shape index (κ2) is 6.85. The third-order valence-electron chi connectivity index (χ3n) is 2.73. The minimum absolute atomic E-state index is 0.305. The van der Waals surface area contributed by atoms with Gasteiger partial charge in [-0.1, -0.05) is 26.7 Å². The number of carbonyl (C=O) groups excluding carboxylic acids is 1. The molecule has 1 atom stereocenters. The highest BCUT2D eigenvalue weighted by molar-refractivity contribution is 7.90. The topological polar surface area (TPSA) is 72.5 Å².